The second kappa shape index (κ2) is 8.08. The second-order valence-corrected chi connectivity index (χ2v) is 8.27. The van der Waals surface area contributed by atoms with E-state index in [0.29, 0.717) is 36.4 Å². The Balaban J connectivity index is 1.18. The number of carbonyl (C=O) groups is 1. The third-order valence-corrected chi connectivity index (χ3v) is 6.35. The normalized spacial score (nSPS) is 20.2. The van der Waals surface area contributed by atoms with E-state index in [1.54, 1.807) is 11.3 Å². The molecule has 1 aromatic carbocycles. The number of hydrogen-bond acceptors (Lipinski definition) is 8. The van der Waals surface area contributed by atoms with Gasteiger partial charge in [-0.15, -0.1) is 21.5 Å². The molecule has 2 unspecified atom stereocenters. The van der Waals surface area contributed by atoms with Crippen molar-refractivity contribution in [2.45, 2.75) is 19.1 Å². The average Bonchev–Trinajstić information content (AvgIpc) is 3.50. The smallest absolute Gasteiger partial charge is 0.267 e. The maximum absolute atomic E-state index is 12.9. The first-order valence-electron chi connectivity index (χ1n) is 9.97. The van der Waals surface area contributed by atoms with Crippen LogP contribution in [0.4, 0.5) is 0 Å². The molecule has 2 aromatic heterocycles. The summed E-state index contributed by atoms with van der Waals surface area (Å²) < 4.78 is 17.4. The molecule has 30 heavy (non-hydrogen) atoms. The number of aromatic nitrogens is 2. The van der Waals surface area contributed by atoms with Crippen LogP contribution in [0.1, 0.15) is 18.9 Å². The monoisotopic (exact) mass is 426 g/mol. The molecule has 2 aliphatic rings. The largest absolute Gasteiger partial charge is 0.485 e. The number of rotatable bonds is 4. The summed E-state index contributed by atoms with van der Waals surface area (Å²) in [6, 6.07) is 11.3. The summed E-state index contributed by atoms with van der Waals surface area (Å²) in [5, 5.41) is 10.4. The molecule has 0 radical (unpaired) electrons. The number of thiophene rings is 1. The molecular formula is C21H22N4O4S. The van der Waals surface area contributed by atoms with Gasteiger partial charge < -0.3 is 18.8 Å². The number of ether oxygens (including phenoxy) is 2. The second-order valence-electron chi connectivity index (χ2n) is 7.32. The van der Waals surface area contributed by atoms with E-state index in [-0.39, 0.29) is 18.6 Å². The molecule has 156 valence electrons. The van der Waals surface area contributed by atoms with Gasteiger partial charge in [-0.2, -0.15) is 0 Å². The molecule has 3 aromatic rings. The number of fused-ring (bicyclic) bond motifs is 1. The van der Waals surface area contributed by atoms with Crippen molar-refractivity contribution in [2.75, 3.05) is 32.8 Å². The van der Waals surface area contributed by atoms with Crippen molar-refractivity contribution < 1.29 is 18.7 Å². The fourth-order valence-electron chi connectivity index (χ4n) is 3.73. The molecule has 4 heterocycles. The Labute approximate surface area is 178 Å². The van der Waals surface area contributed by atoms with Crippen molar-refractivity contribution in [2.24, 2.45) is 0 Å². The van der Waals surface area contributed by atoms with Gasteiger partial charge in [0.15, 0.2) is 11.5 Å². The SMILES string of the molecule is CC(c1nnc(-c2cccs2)o1)N1CCN(C(=O)C2COc3ccccc3O2)CC1. The van der Waals surface area contributed by atoms with Crippen molar-refractivity contribution >= 4 is 17.2 Å². The molecule has 0 aliphatic carbocycles. The van der Waals surface area contributed by atoms with Gasteiger partial charge in [0.1, 0.15) is 6.61 Å². The van der Waals surface area contributed by atoms with E-state index in [2.05, 4.69) is 22.0 Å². The van der Waals surface area contributed by atoms with Gasteiger partial charge in [-0.3, -0.25) is 9.69 Å². The quantitative estimate of drug-likeness (QED) is 0.635. The van der Waals surface area contributed by atoms with E-state index in [4.69, 9.17) is 13.9 Å². The third-order valence-electron chi connectivity index (χ3n) is 5.49. The molecular weight excluding hydrogens is 404 g/mol. The van der Waals surface area contributed by atoms with Crippen molar-refractivity contribution in [1.29, 1.82) is 0 Å². The highest BCUT2D eigenvalue weighted by atomic mass is 32.1. The molecule has 1 fully saturated rings. The van der Waals surface area contributed by atoms with Crippen molar-refractivity contribution in [3.63, 3.8) is 0 Å². The number of benzene rings is 1. The zero-order valence-corrected chi connectivity index (χ0v) is 17.4. The van der Waals surface area contributed by atoms with E-state index in [9.17, 15) is 4.79 Å². The van der Waals surface area contributed by atoms with Crippen molar-refractivity contribution in [3.8, 4) is 22.3 Å². The lowest BCUT2D eigenvalue weighted by Crippen LogP contribution is -2.54. The number of nitrogens with zero attached hydrogens (tertiary/aromatic N) is 4. The van der Waals surface area contributed by atoms with Crippen LogP contribution in [-0.2, 0) is 4.79 Å². The maximum atomic E-state index is 12.9. The van der Waals surface area contributed by atoms with E-state index >= 15 is 0 Å². The molecule has 8 nitrogen and oxygen atoms in total. The van der Waals surface area contributed by atoms with Gasteiger partial charge in [0.05, 0.1) is 10.9 Å². The summed E-state index contributed by atoms with van der Waals surface area (Å²) >= 11 is 1.57. The van der Waals surface area contributed by atoms with Gasteiger partial charge in [0.25, 0.3) is 11.8 Å². The molecule has 1 amide bonds. The van der Waals surface area contributed by atoms with Crippen LogP contribution in [-0.4, -0.2) is 64.8 Å². The van der Waals surface area contributed by atoms with E-state index in [1.165, 1.54) is 0 Å². The predicted octanol–water partition coefficient (Wildman–Crippen LogP) is 2.84. The van der Waals surface area contributed by atoms with Crippen LogP contribution in [0.25, 0.3) is 10.8 Å². The Hall–Kier alpha value is -2.91. The topological polar surface area (TPSA) is 80.9 Å². The number of piperazine rings is 1. The highest BCUT2D eigenvalue weighted by Crippen LogP contribution is 2.32. The van der Waals surface area contributed by atoms with Crippen LogP contribution in [0.3, 0.4) is 0 Å². The Kier molecular flexibility index (Phi) is 5.14. The first kappa shape index (κ1) is 19.1. The summed E-state index contributed by atoms with van der Waals surface area (Å²) in [6.45, 7) is 4.99. The van der Waals surface area contributed by atoms with Crippen LogP contribution in [0.2, 0.25) is 0 Å². The zero-order chi connectivity index (χ0) is 20.5. The Bertz CT molecular complexity index is 1010. The maximum Gasteiger partial charge on any atom is 0.267 e. The minimum Gasteiger partial charge on any atom is -0.485 e. The van der Waals surface area contributed by atoms with Crippen LogP contribution in [0.5, 0.6) is 11.5 Å². The molecule has 9 heteroatoms. The van der Waals surface area contributed by atoms with Gasteiger partial charge >= 0.3 is 0 Å². The number of para-hydroxylation sites is 2. The summed E-state index contributed by atoms with van der Waals surface area (Å²) in [5.41, 5.74) is 0. The van der Waals surface area contributed by atoms with E-state index in [1.807, 2.05) is 46.7 Å². The van der Waals surface area contributed by atoms with Gasteiger partial charge in [0, 0.05) is 26.2 Å². The molecule has 0 N–H and O–H groups in total. The average molecular weight is 426 g/mol. The van der Waals surface area contributed by atoms with Crippen molar-refractivity contribution in [1.82, 2.24) is 20.0 Å². The minimum absolute atomic E-state index is 0.00962. The molecule has 5 rings (SSSR count). The third kappa shape index (κ3) is 3.66. The summed E-state index contributed by atoms with van der Waals surface area (Å²) in [7, 11) is 0. The lowest BCUT2D eigenvalue weighted by Gasteiger charge is -2.38. The standard InChI is InChI=1S/C21H22N4O4S/c1-14(19-22-23-20(29-19)18-7-4-12-30-18)24-8-10-25(11-9-24)21(26)17-13-27-15-5-2-3-6-16(15)28-17/h2-7,12,14,17H,8-11,13H2,1H3. The lowest BCUT2D eigenvalue weighted by atomic mass is 10.2. The minimum atomic E-state index is -0.604. The van der Waals surface area contributed by atoms with Crippen LogP contribution >= 0.6 is 11.3 Å². The number of hydrogen-bond donors (Lipinski definition) is 0. The molecule has 0 bridgehead atoms. The molecule has 0 saturated carbocycles. The summed E-state index contributed by atoms with van der Waals surface area (Å²) in [5.74, 6) is 2.41. The highest BCUT2D eigenvalue weighted by Gasteiger charge is 2.34. The summed E-state index contributed by atoms with van der Waals surface area (Å²) in [6.07, 6.45) is -0.604. The Morgan fingerprint density at radius 3 is 2.67 bits per heavy atom. The van der Waals surface area contributed by atoms with Crippen LogP contribution < -0.4 is 9.47 Å². The van der Waals surface area contributed by atoms with Crippen LogP contribution in [0.15, 0.2) is 46.2 Å². The summed E-state index contributed by atoms with van der Waals surface area (Å²) in [4.78, 5) is 18.0. The van der Waals surface area contributed by atoms with Crippen molar-refractivity contribution in [3.05, 3.63) is 47.7 Å². The lowest BCUT2D eigenvalue weighted by molar-refractivity contribution is -0.143. The molecule has 0 spiro atoms. The van der Waals surface area contributed by atoms with E-state index < -0.39 is 6.10 Å². The molecule has 2 atom stereocenters. The number of carbonyl (C=O) groups excluding carboxylic acids is 1. The molecule has 1 saturated heterocycles. The first-order chi connectivity index (χ1) is 14.7. The zero-order valence-electron chi connectivity index (χ0n) is 16.6. The molecule has 2 aliphatic heterocycles. The van der Waals surface area contributed by atoms with E-state index in [0.717, 1.165) is 18.0 Å². The van der Waals surface area contributed by atoms with Gasteiger partial charge in [-0.05, 0) is 30.5 Å². The van der Waals surface area contributed by atoms with Gasteiger partial charge in [-0.1, -0.05) is 18.2 Å². The first-order valence-corrected chi connectivity index (χ1v) is 10.9. The van der Waals surface area contributed by atoms with Crippen LogP contribution in [0, 0.1) is 0 Å². The van der Waals surface area contributed by atoms with Gasteiger partial charge in [0.2, 0.25) is 12.0 Å². The fourth-order valence-corrected chi connectivity index (χ4v) is 4.38. The Morgan fingerprint density at radius 2 is 1.90 bits per heavy atom. The van der Waals surface area contributed by atoms with Gasteiger partial charge in [-0.25, -0.2) is 0 Å². The highest BCUT2D eigenvalue weighted by molar-refractivity contribution is 7.13. The predicted molar refractivity (Wildman–Crippen MR) is 111 cm³/mol. The fraction of sp³-hybridized carbons (Fsp3) is 0.381. The Morgan fingerprint density at radius 1 is 1.10 bits per heavy atom. The number of amides is 1.